The lowest BCUT2D eigenvalue weighted by Gasteiger charge is -2.33. The molecule has 35 heavy (non-hydrogen) atoms. The first-order chi connectivity index (χ1) is 17.2. The van der Waals surface area contributed by atoms with Crippen molar-refractivity contribution < 1.29 is 9.53 Å². The van der Waals surface area contributed by atoms with Crippen molar-refractivity contribution in [1.82, 2.24) is 40.0 Å². The average Bonchev–Trinajstić information content (AvgIpc) is 3.64. The molecule has 1 saturated carbocycles. The first kappa shape index (κ1) is 22.6. The topological polar surface area (TPSA) is 124 Å². The van der Waals surface area contributed by atoms with Crippen molar-refractivity contribution in [3.05, 3.63) is 40.0 Å². The zero-order valence-corrected chi connectivity index (χ0v) is 20.6. The normalized spacial score (nSPS) is 22.9. The van der Waals surface area contributed by atoms with E-state index in [0.29, 0.717) is 27.5 Å². The third-order valence-corrected chi connectivity index (χ3v) is 7.90. The molecule has 2 aliphatic rings. The number of rotatable bonds is 5. The number of aromatic nitrogens is 7. The molecule has 1 aliphatic heterocycles. The second-order valence-electron chi connectivity index (χ2n) is 9.10. The van der Waals surface area contributed by atoms with Gasteiger partial charge in [0.05, 0.1) is 24.5 Å². The third kappa shape index (κ3) is 4.55. The molecule has 1 saturated heterocycles. The number of H-pyrrole nitrogens is 1. The SMILES string of the molecule is O=C(N[C@H]1CCC[C@@H](n2c(C3CCCOC3)nc3cnc(-c4nc[nH]n4)cc32)C1)c1ncc(Cl)s1. The van der Waals surface area contributed by atoms with Crippen molar-refractivity contribution in [3.63, 3.8) is 0 Å². The lowest BCUT2D eigenvalue weighted by atomic mass is 9.90. The standard InChI is InChI=1S/C23H25ClN8O2S/c24-19-10-26-23(35-19)22(33)29-14-4-1-5-15(7-14)32-18-8-16(20-27-12-28-31-20)25-9-17(18)30-21(32)13-3-2-6-34-11-13/h8-10,12-15H,1-7,11H2,(H,29,33)(H,27,28,31)/t13?,14-,15+/m0/s1. The molecular weight excluding hydrogens is 488 g/mol. The Labute approximate surface area is 210 Å². The summed E-state index contributed by atoms with van der Waals surface area (Å²) < 4.78 is 8.69. The Morgan fingerprint density at radius 2 is 2.14 bits per heavy atom. The van der Waals surface area contributed by atoms with E-state index in [2.05, 4.69) is 35.0 Å². The van der Waals surface area contributed by atoms with Crippen LogP contribution in [0.4, 0.5) is 0 Å². The molecule has 0 radical (unpaired) electrons. The van der Waals surface area contributed by atoms with Gasteiger partial charge < -0.3 is 14.6 Å². The minimum Gasteiger partial charge on any atom is -0.381 e. The van der Waals surface area contributed by atoms with Gasteiger partial charge in [-0.15, -0.1) is 0 Å². The molecule has 0 spiro atoms. The van der Waals surface area contributed by atoms with Crippen molar-refractivity contribution in [3.8, 4) is 11.5 Å². The summed E-state index contributed by atoms with van der Waals surface area (Å²) in [6, 6.07) is 2.27. The number of nitrogens with zero attached hydrogens (tertiary/aromatic N) is 6. The van der Waals surface area contributed by atoms with E-state index in [0.717, 1.165) is 62.0 Å². The summed E-state index contributed by atoms with van der Waals surface area (Å²) in [5.41, 5.74) is 2.57. The summed E-state index contributed by atoms with van der Waals surface area (Å²) >= 11 is 7.17. The molecule has 12 heteroatoms. The molecule has 5 heterocycles. The lowest BCUT2D eigenvalue weighted by molar-refractivity contribution is 0.0761. The first-order valence-corrected chi connectivity index (χ1v) is 13.1. The Bertz CT molecular complexity index is 1330. The molecule has 6 rings (SSSR count). The maximum atomic E-state index is 12.7. The van der Waals surface area contributed by atoms with E-state index in [1.54, 1.807) is 12.5 Å². The number of pyridine rings is 1. The van der Waals surface area contributed by atoms with E-state index in [1.165, 1.54) is 17.5 Å². The van der Waals surface area contributed by atoms with Crippen LogP contribution in [0.15, 0.2) is 24.8 Å². The van der Waals surface area contributed by atoms with Crippen molar-refractivity contribution >= 4 is 39.9 Å². The van der Waals surface area contributed by atoms with Gasteiger partial charge >= 0.3 is 0 Å². The summed E-state index contributed by atoms with van der Waals surface area (Å²) in [5, 5.41) is 10.5. The molecule has 4 aromatic rings. The largest absolute Gasteiger partial charge is 0.381 e. The van der Waals surface area contributed by atoms with E-state index < -0.39 is 0 Å². The quantitative estimate of drug-likeness (QED) is 0.412. The van der Waals surface area contributed by atoms with Crippen LogP contribution in [-0.2, 0) is 4.74 Å². The molecule has 182 valence electrons. The lowest BCUT2D eigenvalue weighted by Crippen LogP contribution is -2.39. The number of fused-ring (bicyclic) bond motifs is 1. The van der Waals surface area contributed by atoms with Gasteiger partial charge in [0.25, 0.3) is 5.91 Å². The number of halogens is 1. The number of carbonyl (C=O) groups is 1. The van der Waals surface area contributed by atoms with Crippen LogP contribution in [0.5, 0.6) is 0 Å². The number of thiazole rings is 1. The van der Waals surface area contributed by atoms with Crippen LogP contribution in [0.25, 0.3) is 22.6 Å². The molecule has 10 nitrogen and oxygen atoms in total. The van der Waals surface area contributed by atoms with E-state index in [1.807, 2.05) is 6.07 Å². The second-order valence-corrected chi connectivity index (χ2v) is 10.8. The van der Waals surface area contributed by atoms with Crippen LogP contribution in [0, 0.1) is 0 Å². The summed E-state index contributed by atoms with van der Waals surface area (Å²) in [7, 11) is 0. The number of aromatic amines is 1. The van der Waals surface area contributed by atoms with Crippen molar-refractivity contribution in [1.29, 1.82) is 0 Å². The molecule has 2 N–H and O–H groups in total. The number of amides is 1. The summed E-state index contributed by atoms with van der Waals surface area (Å²) in [6.07, 6.45) is 10.7. The third-order valence-electron chi connectivity index (χ3n) is 6.79. The molecule has 1 aliphatic carbocycles. The second kappa shape index (κ2) is 9.63. The highest BCUT2D eigenvalue weighted by Gasteiger charge is 2.31. The highest BCUT2D eigenvalue weighted by Crippen LogP contribution is 2.37. The highest BCUT2D eigenvalue weighted by atomic mass is 35.5. The number of nitrogens with one attached hydrogen (secondary N) is 2. The number of ether oxygens (including phenoxy) is 1. The Morgan fingerprint density at radius 3 is 2.91 bits per heavy atom. The van der Waals surface area contributed by atoms with Crippen LogP contribution in [-0.4, -0.2) is 59.9 Å². The molecule has 1 unspecified atom stereocenters. The predicted octanol–water partition coefficient (Wildman–Crippen LogP) is 4.13. The van der Waals surface area contributed by atoms with Gasteiger partial charge in [0, 0.05) is 24.6 Å². The molecule has 3 atom stereocenters. The van der Waals surface area contributed by atoms with E-state index in [9.17, 15) is 4.79 Å². The maximum absolute atomic E-state index is 12.7. The van der Waals surface area contributed by atoms with Gasteiger partial charge in [0.1, 0.15) is 27.7 Å². The fraction of sp³-hybridized carbons (Fsp3) is 0.478. The smallest absolute Gasteiger partial charge is 0.280 e. The fourth-order valence-corrected chi connectivity index (χ4v) is 6.04. The van der Waals surface area contributed by atoms with Gasteiger partial charge in [-0.25, -0.2) is 15.0 Å². The Morgan fingerprint density at radius 1 is 1.20 bits per heavy atom. The van der Waals surface area contributed by atoms with Crippen molar-refractivity contribution in [2.75, 3.05) is 13.2 Å². The van der Waals surface area contributed by atoms with Gasteiger partial charge in [0.2, 0.25) is 0 Å². The average molecular weight is 513 g/mol. The Kier molecular flexibility index (Phi) is 6.21. The number of hydrogen-bond donors (Lipinski definition) is 2. The molecule has 0 aromatic carbocycles. The van der Waals surface area contributed by atoms with Crippen molar-refractivity contribution in [2.45, 2.75) is 56.5 Å². The summed E-state index contributed by atoms with van der Waals surface area (Å²) in [6.45, 7) is 1.47. The van der Waals surface area contributed by atoms with E-state index >= 15 is 0 Å². The molecule has 1 amide bonds. The van der Waals surface area contributed by atoms with Crippen LogP contribution >= 0.6 is 22.9 Å². The van der Waals surface area contributed by atoms with Crippen LogP contribution in [0.3, 0.4) is 0 Å². The maximum Gasteiger partial charge on any atom is 0.280 e. The van der Waals surface area contributed by atoms with Crippen LogP contribution in [0.1, 0.15) is 66.1 Å². The monoisotopic (exact) mass is 512 g/mol. The number of carbonyl (C=O) groups excluding carboxylic acids is 1. The van der Waals surface area contributed by atoms with E-state index in [4.69, 9.17) is 21.3 Å². The van der Waals surface area contributed by atoms with Crippen LogP contribution < -0.4 is 5.32 Å². The van der Waals surface area contributed by atoms with Gasteiger partial charge in [-0.05, 0) is 44.6 Å². The fourth-order valence-electron chi connectivity index (χ4n) is 5.22. The molecular formula is C23H25ClN8O2S. The zero-order valence-electron chi connectivity index (χ0n) is 19.0. The molecule has 4 aromatic heterocycles. The van der Waals surface area contributed by atoms with Gasteiger partial charge in [-0.1, -0.05) is 22.9 Å². The van der Waals surface area contributed by atoms with Gasteiger partial charge in [0.15, 0.2) is 10.8 Å². The molecule has 0 bridgehead atoms. The van der Waals surface area contributed by atoms with E-state index in [-0.39, 0.29) is 23.9 Å². The predicted molar refractivity (Wildman–Crippen MR) is 132 cm³/mol. The Hall–Kier alpha value is -2.89. The molecule has 2 fully saturated rings. The van der Waals surface area contributed by atoms with Crippen LogP contribution in [0.2, 0.25) is 4.34 Å². The number of hydrogen-bond acceptors (Lipinski definition) is 8. The number of imidazole rings is 1. The van der Waals surface area contributed by atoms with Crippen molar-refractivity contribution in [2.24, 2.45) is 0 Å². The Balaban J connectivity index is 1.34. The van der Waals surface area contributed by atoms with Gasteiger partial charge in [-0.3, -0.25) is 14.9 Å². The minimum atomic E-state index is -0.167. The highest BCUT2D eigenvalue weighted by molar-refractivity contribution is 7.17. The minimum absolute atomic E-state index is 0.0474. The summed E-state index contributed by atoms with van der Waals surface area (Å²) in [4.78, 5) is 30.7. The zero-order chi connectivity index (χ0) is 23.8. The summed E-state index contributed by atoms with van der Waals surface area (Å²) in [5.74, 6) is 1.66. The van der Waals surface area contributed by atoms with Gasteiger partial charge in [-0.2, -0.15) is 5.10 Å². The first-order valence-electron chi connectivity index (χ1n) is 11.9.